The Hall–Kier alpha value is -1.56. The molecule has 0 fully saturated rings. The number of hydrogen-bond acceptors (Lipinski definition) is 0. The lowest BCUT2D eigenvalue weighted by Crippen LogP contribution is -2.28. The molecule has 2 aromatic carbocycles. The zero-order valence-electron chi connectivity index (χ0n) is 22.7. The molecule has 0 bridgehead atoms. The molecule has 0 saturated heterocycles. The minimum atomic E-state index is 0.101. The second-order valence-corrected chi connectivity index (χ2v) is 13.6. The third kappa shape index (κ3) is 5.82. The summed E-state index contributed by atoms with van der Waals surface area (Å²) in [6.07, 6.45) is 1.11. The molecule has 0 amide bonds. The highest BCUT2D eigenvalue weighted by atomic mass is 14.4. The fraction of sp³-hybridized carbons (Fsp3) is 0.613. The molecule has 31 heavy (non-hydrogen) atoms. The first kappa shape index (κ1) is 25.7. The predicted molar refractivity (Wildman–Crippen MR) is 140 cm³/mol. The first-order chi connectivity index (χ1) is 13.9. The van der Waals surface area contributed by atoms with Crippen molar-refractivity contribution >= 4 is 0 Å². The van der Waals surface area contributed by atoms with Gasteiger partial charge in [-0.3, -0.25) is 0 Å². The molecule has 0 saturated carbocycles. The Kier molecular flexibility index (Phi) is 6.98. The van der Waals surface area contributed by atoms with Crippen molar-refractivity contribution < 1.29 is 0 Å². The van der Waals surface area contributed by atoms with Crippen molar-refractivity contribution in [2.45, 2.75) is 124 Å². The highest BCUT2D eigenvalue weighted by Crippen LogP contribution is 2.44. The van der Waals surface area contributed by atoms with E-state index in [1.165, 1.54) is 33.4 Å². The Balaban J connectivity index is 2.85. The maximum Gasteiger partial charge on any atom is 0.00870 e. The summed E-state index contributed by atoms with van der Waals surface area (Å²) in [7, 11) is 0. The van der Waals surface area contributed by atoms with E-state index in [1.807, 2.05) is 0 Å². The van der Waals surface area contributed by atoms with Crippen LogP contribution in [0.5, 0.6) is 0 Å². The van der Waals surface area contributed by atoms with Crippen molar-refractivity contribution in [2.24, 2.45) is 0 Å². The van der Waals surface area contributed by atoms with Gasteiger partial charge in [-0.1, -0.05) is 126 Å². The molecule has 2 aromatic rings. The second kappa shape index (κ2) is 8.42. The van der Waals surface area contributed by atoms with Crippen molar-refractivity contribution in [3.05, 3.63) is 69.8 Å². The summed E-state index contributed by atoms with van der Waals surface area (Å²) >= 11 is 0. The van der Waals surface area contributed by atoms with Crippen molar-refractivity contribution in [1.29, 1.82) is 0 Å². The van der Waals surface area contributed by atoms with E-state index in [0.29, 0.717) is 5.92 Å². The summed E-state index contributed by atoms with van der Waals surface area (Å²) in [4.78, 5) is 0. The highest BCUT2D eigenvalue weighted by Gasteiger charge is 2.33. The van der Waals surface area contributed by atoms with Crippen LogP contribution in [0.3, 0.4) is 0 Å². The lowest BCUT2D eigenvalue weighted by atomic mass is 9.67. The van der Waals surface area contributed by atoms with Gasteiger partial charge in [0, 0.05) is 5.92 Å². The van der Waals surface area contributed by atoms with E-state index in [4.69, 9.17) is 0 Å². The number of rotatable bonds is 3. The third-order valence-corrected chi connectivity index (χ3v) is 6.49. The van der Waals surface area contributed by atoms with Crippen LogP contribution >= 0.6 is 0 Å². The lowest BCUT2D eigenvalue weighted by Gasteiger charge is -2.38. The Bertz CT molecular complexity index is 864. The summed E-state index contributed by atoms with van der Waals surface area (Å²) in [5, 5.41) is 0. The molecule has 0 radical (unpaired) electrons. The zero-order valence-corrected chi connectivity index (χ0v) is 22.7. The van der Waals surface area contributed by atoms with Gasteiger partial charge in [-0.05, 0) is 61.5 Å². The molecule has 0 N–H and O–H groups in total. The van der Waals surface area contributed by atoms with Gasteiger partial charge in [0.25, 0.3) is 0 Å². The topological polar surface area (TPSA) is 0 Å². The van der Waals surface area contributed by atoms with Crippen LogP contribution in [-0.4, -0.2) is 0 Å². The van der Waals surface area contributed by atoms with Gasteiger partial charge < -0.3 is 0 Å². The second-order valence-electron chi connectivity index (χ2n) is 13.6. The molecule has 1 unspecified atom stereocenters. The van der Waals surface area contributed by atoms with Gasteiger partial charge in [-0.25, -0.2) is 0 Å². The normalized spacial score (nSPS) is 14.6. The Morgan fingerprint density at radius 2 is 1.06 bits per heavy atom. The first-order valence-corrected chi connectivity index (χ1v) is 12.2. The first-order valence-electron chi connectivity index (χ1n) is 12.2. The molecule has 0 heteroatoms. The maximum atomic E-state index is 2.54. The van der Waals surface area contributed by atoms with Gasteiger partial charge in [0.1, 0.15) is 0 Å². The van der Waals surface area contributed by atoms with Gasteiger partial charge >= 0.3 is 0 Å². The van der Waals surface area contributed by atoms with Gasteiger partial charge in [-0.2, -0.15) is 0 Å². The van der Waals surface area contributed by atoms with E-state index < -0.39 is 0 Å². The van der Waals surface area contributed by atoms with E-state index in [-0.39, 0.29) is 21.7 Å². The van der Waals surface area contributed by atoms with Crippen LogP contribution < -0.4 is 0 Å². The molecular weight excluding hydrogens is 372 g/mol. The van der Waals surface area contributed by atoms with E-state index in [9.17, 15) is 0 Å². The number of hydrogen-bond donors (Lipinski definition) is 0. The molecule has 0 nitrogen and oxygen atoms in total. The third-order valence-electron chi connectivity index (χ3n) is 6.49. The average molecular weight is 421 g/mol. The van der Waals surface area contributed by atoms with Crippen LogP contribution in [0, 0.1) is 0 Å². The van der Waals surface area contributed by atoms with E-state index in [0.717, 1.165) is 6.42 Å². The smallest absolute Gasteiger partial charge is 0.00870 e. The van der Waals surface area contributed by atoms with Crippen LogP contribution in [0.25, 0.3) is 0 Å². The van der Waals surface area contributed by atoms with Crippen LogP contribution in [0.4, 0.5) is 0 Å². The zero-order chi connectivity index (χ0) is 24.0. The molecule has 0 aliphatic carbocycles. The molecule has 0 aliphatic rings. The van der Waals surface area contributed by atoms with E-state index in [2.05, 4.69) is 126 Å². The molecule has 0 heterocycles. The molecule has 0 spiro atoms. The number of benzene rings is 2. The highest BCUT2D eigenvalue weighted by molar-refractivity contribution is 5.51. The van der Waals surface area contributed by atoms with Crippen molar-refractivity contribution in [3.63, 3.8) is 0 Å². The molecule has 0 aromatic heterocycles. The average Bonchev–Trinajstić information content (AvgIpc) is 2.59. The summed E-state index contributed by atoms with van der Waals surface area (Å²) in [6, 6.07) is 14.4. The van der Waals surface area contributed by atoms with E-state index in [1.54, 1.807) is 0 Å². The van der Waals surface area contributed by atoms with Crippen molar-refractivity contribution in [2.75, 3.05) is 0 Å². The molecule has 1 atom stereocenters. The molecule has 0 aliphatic heterocycles. The fourth-order valence-electron chi connectivity index (χ4n) is 4.74. The van der Waals surface area contributed by atoms with Gasteiger partial charge in [-0.15, -0.1) is 0 Å². The minimum Gasteiger partial charge on any atom is -0.0645 e. The largest absolute Gasteiger partial charge is 0.0645 e. The minimum absolute atomic E-state index is 0.101. The standard InChI is InChI=1S/C31H48/c1-14-24(21-16-15-17-23(18-21)28(2,3)4)22-19-25(29(5,6)7)27(31(11,12)13)26(20-22)30(8,9)10/h15-20,24H,14H2,1-13H3. The quantitative estimate of drug-likeness (QED) is 0.464. The monoisotopic (exact) mass is 420 g/mol. The van der Waals surface area contributed by atoms with Crippen molar-refractivity contribution in [1.82, 2.24) is 0 Å². The Morgan fingerprint density at radius 3 is 1.42 bits per heavy atom. The maximum absolute atomic E-state index is 2.54. The van der Waals surface area contributed by atoms with Crippen LogP contribution in [0.1, 0.15) is 136 Å². The SMILES string of the molecule is CCC(c1cccc(C(C)(C)C)c1)c1cc(C(C)(C)C)c(C(C)(C)C)c(C(C)(C)C)c1. The van der Waals surface area contributed by atoms with E-state index >= 15 is 0 Å². The lowest BCUT2D eigenvalue weighted by molar-refractivity contribution is 0.495. The Morgan fingerprint density at radius 1 is 0.581 bits per heavy atom. The molecule has 172 valence electrons. The van der Waals surface area contributed by atoms with Gasteiger partial charge in [0.05, 0.1) is 0 Å². The molecular formula is C31H48. The predicted octanol–water partition coefficient (Wildman–Crippen LogP) is 9.42. The Labute approximate surface area is 193 Å². The fourth-order valence-corrected chi connectivity index (χ4v) is 4.74. The summed E-state index contributed by atoms with van der Waals surface area (Å²) in [5.74, 6) is 0.415. The van der Waals surface area contributed by atoms with Crippen LogP contribution in [0.2, 0.25) is 0 Å². The van der Waals surface area contributed by atoms with Gasteiger partial charge in [0.2, 0.25) is 0 Å². The van der Waals surface area contributed by atoms with Crippen molar-refractivity contribution in [3.8, 4) is 0 Å². The van der Waals surface area contributed by atoms with Crippen LogP contribution in [-0.2, 0) is 21.7 Å². The summed E-state index contributed by atoms with van der Waals surface area (Å²) < 4.78 is 0. The molecule has 2 rings (SSSR count). The van der Waals surface area contributed by atoms with Crippen LogP contribution in [0.15, 0.2) is 36.4 Å². The summed E-state index contributed by atoms with van der Waals surface area (Å²) in [5.41, 5.74) is 9.36. The van der Waals surface area contributed by atoms with Gasteiger partial charge in [0.15, 0.2) is 0 Å². The summed E-state index contributed by atoms with van der Waals surface area (Å²) in [6.45, 7) is 30.6.